The van der Waals surface area contributed by atoms with Gasteiger partial charge in [0, 0.05) is 16.6 Å². The molecule has 0 radical (unpaired) electrons. The molecule has 0 aliphatic rings. The van der Waals surface area contributed by atoms with Gasteiger partial charge in [-0.25, -0.2) is 4.98 Å². The van der Waals surface area contributed by atoms with Crippen molar-refractivity contribution < 1.29 is 9.62 Å². The molecule has 0 atom stereocenters. The Kier molecular flexibility index (Phi) is 3.39. The molecule has 0 unspecified atom stereocenters. The Balaban J connectivity index is 1.83. The largest absolute Gasteiger partial charge is 0.463 e. The van der Waals surface area contributed by atoms with Crippen LogP contribution in [-0.4, -0.2) is 15.9 Å². The molecule has 2 aromatic heterocycles. The number of oxime groups is 1. The van der Waals surface area contributed by atoms with Crippen molar-refractivity contribution in [3.8, 4) is 0 Å². The van der Waals surface area contributed by atoms with Gasteiger partial charge in [0.1, 0.15) is 11.4 Å². The van der Waals surface area contributed by atoms with E-state index in [0.717, 1.165) is 38.9 Å². The van der Waals surface area contributed by atoms with Crippen LogP contribution in [0.5, 0.6) is 0 Å². The Morgan fingerprint density at radius 2 is 1.96 bits per heavy atom. The van der Waals surface area contributed by atoms with E-state index in [1.54, 1.807) is 13.2 Å². The molecule has 0 amide bonds. The lowest BCUT2D eigenvalue weighted by molar-refractivity contribution is 0.319. The summed E-state index contributed by atoms with van der Waals surface area (Å²) in [6.07, 6.45) is 1.67. The Hall–Kier alpha value is -3.34. The summed E-state index contributed by atoms with van der Waals surface area (Å²) in [5.41, 5.74) is 3.94. The average Bonchev–Trinajstić information content (AvgIpc) is 3.12. The highest BCUT2D eigenvalue weighted by Crippen LogP contribution is 2.31. The minimum absolute atomic E-state index is 0.554. The number of pyridine rings is 1. The molecular weight excluding hydrogens is 302 g/mol. The van der Waals surface area contributed by atoms with Crippen LogP contribution >= 0.6 is 0 Å². The number of benzene rings is 2. The third-order valence-electron chi connectivity index (χ3n) is 3.99. The average molecular weight is 317 g/mol. The molecule has 24 heavy (non-hydrogen) atoms. The van der Waals surface area contributed by atoms with Crippen LogP contribution in [0.3, 0.4) is 0 Å². The lowest BCUT2D eigenvalue weighted by Crippen LogP contribution is -1.98. The highest BCUT2D eigenvalue weighted by atomic mass is 16.4. The molecule has 0 saturated carbocycles. The van der Waals surface area contributed by atoms with E-state index < -0.39 is 0 Å². The Labute approximate surface area is 138 Å². The fraction of sp³-hybridized carbons (Fsp3) is 0.0526. The van der Waals surface area contributed by atoms with Crippen molar-refractivity contribution in [1.29, 1.82) is 0 Å². The van der Waals surface area contributed by atoms with Crippen molar-refractivity contribution in [2.75, 3.05) is 5.32 Å². The molecule has 2 aromatic carbocycles. The number of nitrogens with zero attached hydrogens (tertiary/aromatic N) is 2. The Morgan fingerprint density at radius 1 is 1.08 bits per heavy atom. The third-order valence-corrected chi connectivity index (χ3v) is 3.99. The summed E-state index contributed by atoms with van der Waals surface area (Å²) in [7, 11) is 0. The summed E-state index contributed by atoms with van der Waals surface area (Å²) < 4.78 is 5.66. The van der Waals surface area contributed by atoms with E-state index in [4.69, 9.17) is 14.6 Å². The van der Waals surface area contributed by atoms with E-state index >= 15 is 0 Å². The van der Waals surface area contributed by atoms with Gasteiger partial charge in [-0.1, -0.05) is 29.4 Å². The quantitative estimate of drug-likeness (QED) is 0.319. The molecule has 0 spiro atoms. The van der Waals surface area contributed by atoms with Gasteiger partial charge in [-0.3, -0.25) is 0 Å². The van der Waals surface area contributed by atoms with E-state index in [1.807, 2.05) is 54.6 Å². The Morgan fingerprint density at radius 3 is 2.83 bits per heavy atom. The van der Waals surface area contributed by atoms with Crippen molar-refractivity contribution >= 4 is 39.1 Å². The molecule has 118 valence electrons. The standard InChI is InChI=1S/C19H15N3O2/c1-12(22-23)13-5-4-6-14(11-13)20-19-16-9-10-24-18(16)15-7-2-3-8-17(15)21-19/h2-11,23H,1H3,(H,20,21). The first-order chi connectivity index (χ1) is 11.8. The lowest BCUT2D eigenvalue weighted by Gasteiger charge is -2.10. The van der Waals surface area contributed by atoms with Crippen LogP contribution in [-0.2, 0) is 0 Å². The van der Waals surface area contributed by atoms with E-state index in [0.29, 0.717) is 5.71 Å². The summed E-state index contributed by atoms with van der Waals surface area (Å²) in [6.45, 7) is 1.75. The third kappa shape index (κ3) is 2.36. The van der Waals surface area contributed by atoms with Gasteiger partial charge in [0.25, 0.3) is 0 Å². The van der Waals surface area contributed by atoms with Gasteiger partial charge in [0.15, 0.2) is 0 Å². The number of hydrogen-bond acceptors (Lipinski definition) is 5. The maximum absolute atomic E-state index is 8.94. The minimum atomic E-state index is 0.554. The molecule has 0 aliphatic carbocycles. The van der Waals surface area contributed by atoms with Gasteiger partial charge < -0.3 is 14.9 Å². The number of para-hydroxylation sites is 1. The van der Waals surface area contributed by atoms with Crippen LogP contribution in [0, 0.1) is 0 Å². The zero-order valence-electron chi connectivity index (χ0n) is 13.0. The van der Waals surface area contributed by atoms with Crippen LogP contribution < -0.4 is 5.32 Å². The van der Waals surface area contributed by atoms with E-state index in [9.17, 15) is 0 Å². The molecule has 2 heterocycles. The van der Waals surface area contributed by atoms with Crippen LogP contribution in [0.15, 0.2) is 70.4 Å². The van der Waals surface area contributed by atoms with E-state index in [1.165, 1.54) is 0 Å². The van der Waals surface area contributed by atoms with E-state index in [2.05, 4.69) is 10.5 Å². The second-order valence-corrected chi connectivity index (χ2v) is 5.53. The normalized spacial score (nSPS) is 12.0. The van der Waals surface area contributed by atoms with Gasteiger partial charge in [0.2, 0.25) is 0 Å². The van der Waals surface area contributed by atoms with Crippen LogP contribution in [0.25, 0.3) is 21.9 Å². The van der Waals surface area contributed by atoms with Crippen molar-refractivity contribution in [3.05, 3.63) is 66.4 Å². The summed E-state index contributed by atoms with van der Waals surface area (Å²) >= 11 is 0. The summed E-state index contributed by atoms with van der Waals surface area (Å²) in [4.78, 5) is 4.71. The fourth-order valence-electron chi connectivity index (χ4n) is 2.76. The SMILES string of the molecule is CC(=NO)c1cccc(Nc2nc3ccccc3c3occc23)c1. The van der Waals surface area contributed by atoms with Gasteiger partial charge in [-0.15, -0.1) is 0 Å². The molecule has 2 N–H and O–H groups in total. The zero-order chi connectivity index (χ0) is 16.5. The number of aromatic nitrogens is 1. The highest BCUT2D eigenvalue weighted by molar-refractivity contribution is 6.07. The number of fused-ring (bicyclic) bond motifs is 3. The summed E-state index contributed by atoms with van der Waals surface area (Å²) in [5.74, 6) is 0.730. The van der Waals surface area contributed by atoms with E-state index in [-0.39, 0.29) is 0 Å². The van der Waals surface area contributed by atoms with Crippen molar-refractivity contribution in [3.63, 3.8) is 0 Å². The first kappa shape index (κ1) is 14.3. The predicted molar refractivity (Wildman–Crippen MR) is 95.2 cm³/mol. The lowest BCUT2D eigenvalue weighted by atomic mass is 10.1. The molecule has 5 heteroatoms. The monoisotopic (exact) mass is 317 g/mol. The fourth-order valence-corrected chi connectivity index (χ4v) is 2.76. The van der Waals surface area contributed by atoms with Gasteiger partial charge in [-0.2, -0.15) is 0 Å². The first-order valence-corrected chi connectivity index (χ1v) is 7.58. The second kappa shape index (κ2) is 5.70. The van der Waals surface area contributed by atoms with Gasteiger partial charge in [0.05, 0.1) is 22.9 Å². The topological polar surface area (TPSA) is 70.7 Å². The molecule has 0 saturated heterocycles. The highest BCUT2D eigenvalue weighted by Gasteiger charge is 2.11. The number of anilines is 2. The van der Waals surface area contributed by atoms with Crippen LogP contribution in [0.1, 0.15) is 12.5 Å². The molecular formula is C19H15N3O2. The van der Waals surface area contributed by atoms with Gasteiger partial charge >= 0.3 is 0 Å². The smallest absolute Gasteiger partial charge is 0.146 e. The molecule has 0 aliphatic heterocycles. The number of nitrogens with one attached hydrogen (secondary N) is 1. The van der Waals surface area contributed by atoms with Crippen LogP contribution in [0.2, 0.25) is 0 Å². The molecule has 0 fully saturated rings. The van der Waals surface area contributed by atoms with Crippen LogP contribution in [0.4, 0.5) is 11.5 Å². The van der Waals surface area contributed by atoms with Crippen molar-refractivity contribution in [1.82, 2.24) is 4.98 Å². The maximum Gasteiger partial charge on any atom is 0.146 e. The predicted octanol–water partition coefficient (Wildman–Crippen LogP) is 4.92. The van der Waals surface area contributed by atoms with Crippen molar-refractivity contribution in [2.45, 2.75) is 6.92 Å². The first-order valence-electron chi connectivity index (χ1n) is 7.58. The summed E-state index contributed by atoms with van der Waals surface area (Å²) in [6, 6.07) is 17.4. The minimum Gasteiger partial charge on any atom is -0.463 e. The molecule has 4 aromatic rings. The number of furan rings is 1. The number of rotatable bonds is 3. The molecule has 5 nitrogen and oxygen atoms in total. The van der Waals surface area contributed by atoms with Crippen molar-refractivity contribution in [2.24, 2.45) is 5.16 Å². The maximum atomic E-state index is 8.94. The molecule has 4 rings (SSSR count). The summed E-state index contributed by atoms with van der Waals surface area (Å²) in [5, 5.41) is 17.4. The Bertz CT molecular complexity index is 1070. The zero-order valence-corrected chi connectivity index (χ0v) is 13.0. The number of hydrogen-bond donors (Lipinski definition) is 2. The molecule has 0 bridgehead atoms. The second-order valence-electron chi connectivity index (χ2n) is 5.53. The van der Waals surface area contributed by atoms with Gasteiger partial charge in [-0.05, 0) is 37.3 Å².